The number of halogens is 1. The van der Waals surface area contributed by atoms with Crippen LogP contribution in [-0.2, 0) is 9.53 Å². The molecule has 2 aliphatic rings. The van der Waals surface area contributed by atoms with Crippen molar-refractivity contribution in [2.75, 3.05) is 51.1 Å². The first-order valence-electron chi connectivity index (χ1n) is 10.4. The zero-order valence-corrected chi connectivity index (χ0v) is 18.1. The number of amides is 1. The van der Waals surface area contributed by atoms with E-state index in [0.717, 1.165) is 18.7 Å². The maximum absolute atomic E-state index is 13.6. The van der Waals surface area contributed by atoms with Gasteiger partial charge in [-0.25, -0.2) is 9.37 Å². The van der Waals surface area contributed by atoms with Gasteiger partial charge in [0.25, 0.3) is 5.91 Å². The number of morpholine rings is 1. The summed E-state index contributed by atoms with van der Waals surface area (Å²) in [6.45, 7) is 4.44. The van der Waals surface area contributed by atoms with Crippen LogP contribution in [0.1, 0.15) is 5.56 Å². The quantitative estimate of drug-likeness (QED) is 0.530. The zero-order chi connectivity index (χ0) is 21.9. The molecule has 0 atom stereocenters. The molecule has 1 aromatic heterocycles. The fourth-order valence-corrected chi connectivity index (χ4v) is 4.66. The SMILES string of the molecule is O=C(/C=C/c1ccc2c(c1)OCO2)N(CCN1CCOCC1)c1nc2ccc(F)cc2s1. The van der Waals surface area contributed by atoms with E-state index < -0.39 is 0 Å². The van der Waals surface area contributed by atoms with E-state index in [1.165, 1.54) is 29.5 Å². The molecule has 0 N–H and O–H groups in total. The van der Waals surface area contributed by atoms with Gasteiger partial charge in [-0.1, -0.05) is 17.4 Å². The van der Waals surface area contributed by atoms with Crippen molar-refractivity contribution in [3.8, 4) is 11.5 Å². The van der Waals surface area contributed by atoms with Gasteiger partial charge in [-0.15, -0.1) is 0 Å². The van der Waals surface area contributed by atoms with Gasteiger partial charge in [0.15, 0.2) is 16.6 Å². The molecule has 5 rings (SSSR count). The molecule has 1 amide bonds. The number of aromatic nitrogens is 1. The highest BCUT2D eigenvalue weighted by Gasteiger charge is 2.20. The van der Waals surface area contributed by atoms with Gasteiger partial charge < -0.3 is 14.2 Å². The van der Waals surface area contributed by atoms with Crippen molar-refractivity contribution in [1.82, 2.24) is 9.88 Å². The third kappa shape index (κ3) is 4.59. The minimum atomic E-state index is -0.318. The van der Waals surface area contributed by atoms with Crippen molar-refractivity contribution in [3.63, 3.8) is 0 Å². The summed E-state index contributed by atoms with van der Waals surface area (Å²) in [5.41, 5.74) is 1.51. The maximum Gasteiger partial charge on any atom is 0.252 e. The predicted molar refractivity (Wildman–Crippen MR) is 121 cm³/mol. The molecule has 0 saturated carbocycles. The average Bonchev–Trinajstić information content (AvgIpc) is 3.44. The van der Waals surface area contributed by atoms with E-state index in [-0.39, 0.29) is 18.5 Å². The molecule has 1 saturated heterocycles. The Bertz CT molecular complexity index is 1160. The Labute approximate surface area is 188 Å². The number of thiazole rings is 1. The van der Waals surface area contributed by atoms with Crippen LogP contribution >= 0.6 is 11.3 Å². The minimum absolute atomic E-state index is 0.185. The van der Waals surface area contributed by atoms with E-state index in [2.05, 4.69) is 9.88 Å². The first kappa shape index (κ1) is 20.9. The van der Waals surface area contributed by atoms with Crippen molar-refractivity contribution in [3.05, 3.63) is 53.9 Å². The van der Waals surface area contributed by atoms with Crippen molar-refractivity contribution < 1.29 is 23.4 Å². The highest BCUT2D eigenvalue weighted by atomic mass is 32.1. The first-order valence-corrected chi connectivity index (χ1v) is 11.2. The second-order valence-corrected chi connectivity index (χ2v) is 8.51. The largest absolute Gasteiger partial charge is 0.454 e. The monoisotopic (exact) mass is 455 g/mol. The number of hydrogen-bond donors (Lipinski definition) is 0. The second kappa shape index (κ2) is 9.23. The number of benzene rings is 2. The molecule has 0 radical (unpaired) electrons. The number of nitrogens with zero attached hydrogens (tertiary/aromatic N) is 3. The Morgan fingerprint density at radius 1 is 1.16 bits per heavy atom. The fraction of sp³-hybridized carbons (Fsp3) is 0.304. The number of rotatable bonds is 6. The summed E-state index contributed by atoms with van der Waals surface area (Å²) in [5.74, 6) is 0.858. The van der Waals surface area contributed by atoms with Crippen molar-refractivity contribution in [2.45, 2.75) is 0 Å². The van der Waals surface area contributed by atoms with Crippen LogP contribution in [-0.4, -0.2) is 62.0 Å². The van der Waals surface area contributed by atoms with Gasteiger partial charge in [-0.3, -0.25) is 14.6 Å². The number of fused-ring (bicyclic) bond motifs is 2. The van der Waals surface area contributed by atoms with Gasteiger partial charge >= 0.3 is 0 Å². The predicted octanol–water partition coefficient (Wildman–Crippen LogP) is 3.54. The van der Waals surface area contributed by atoms with Crippen molar-refractivity contribution >= 4 is 38.7 Å². The number of ether oxygens (including phenoxy) is 3. The lowest BCUT2D eigenvalue weighted by Crippen LogP contribution is -2.42. The average molecular weight is 456 g/mol. The van der Waals surface area contributed by atoms with Gasteiger partial charge in [0, 0.05) is 32.3 Å². The summed E-state index contributed by atoms with van der Waals surface area (Å²) in [6, 6.07) is 10.00. The normalized spacial score (nSPS) is 16.2. The Hall–Kier alpha value is -3.01. The summed E-state index contributed by atoms with van der Waals surface area (Å²) < 4.78 is 30.5. The van der Waals surface area contributed by atoms with E-state index in [4.69, 9.17) is 14.2 Å². The third-order valence-corrected chi connectivity index (χ3v) is 6.44. The van der Waals surface area contributed by atoms with E-state index >= 15 is 0 Å². The molecule has 2 aromatic carbocycles. The van der Waals surface area contributed by atoms with Crippen LogP contribution in [0.5, 0.6) is 11.5 Å². The molecule has 1 fully saturated rings. The van der Waals surface area contributed by atoms with Crippen LogP contribution in [0.4, 0.5) is 9.52 Å². The Morgan fingerprint density at radius 3 is 2.88 bits per heavy atom. The molecular formula is C23H22FN3O4S. The standard InChI is InChI=1S/C23H22FN3O4S/c24-17-3-4-18-21(14-17)32-23(25-18)27(8-7-26-9-11-29-12-10-26)22(28)6-2-16-1-5-19-20(13-16)31-15-30-19/h1-6,13-14H,7-12,15H2/b6-2+. The van der Waals surface area contributed by atoms with Gasteiger partial charge in [-0.05, 0) is 42.0 Å². The van der Waals surface area contributed by atoms with E-state index in [1.807, 2.05) is 18.2 Å². The summed E-state index contributed by atoms with van der Waals surface area (Å²) in [4.78, 5) is 21.7. The molecule has 0 aliphatic carbocycles. The zero-order valence-electron chi connectivity index (χ0n) is 17.3. The molecule has 2 aliphatic heterocycles. The van der Waals surface area contributed by atoms with Gasteiger partial charge in [0.1, 0.15) is 5.82 Å². The number of carbonyl (C=O) groups is 1. The summed E-state index contributed by atoms with van der Waals surface area (Å²) in [6.07, 6.45) is 3.28. The van der Waals surface area contributed by atoms with Gasteiger partial charge in [0.2, 0.25) is 6.79 Å². The van der Waals surface area contributed by atoms with E-state index in [0.29, 0.717) is 53.2 Å². The number of carbonyl (C=O) groups excluding carboxylic acids is 1. The van der Waals surface area contributed by atoms with Crippen LogP contribution < -0.4 is 14.4 Å². The van der Waals surface area contributed by atoms with Crippen molar-refractivity contribution in [1.29, 1.82) is 0 Å². The van der Waals surface area contributed by atoms with Crippen LogP contribution in [0.25, 0.3) is 16.3 Å². The summed E-state index contributed by atoms with van der Waals surface area (Å²) >= 11 is 1.31. The summed E-state index contributed by atoms with van der Waals surface area (Å²) in [5, 5.41) is 0.555. The summed E-state index contributed by atoms with van der Waals surface area (Å²) in [7, 11) is 0. The third-order valence-electron chi connectivity index (χ3n) is 5.39. The lowest BCUT2D eigenvalue weighted by molar-refractivity contribution is -0.114. The fourth-order valence-electron chi connectivity index (χ4n) is 3.64. The highest BCUT2D eigenvalue weighted by molar-refractivity contribution is 7.22. The molecule has 0 bridgehead atoms. The molecular weight excluding hydrogens is 433 g/mol. The Morgan fingerprint density at radius 2 is 2.00 bits per heavy atom. The molecule has 3 aromatic rings. The topological polar surface area (TPSA) is 64.1 Å². The maximum atomic E-state index is 13.6. The minimum Gasteiger partial charge on any atom is -0.454 e. The number of hydrogen-bond acceptors (Lipinski definition) is 7. The number of anilines is 1. The lowest BCUT2D eigenvalue weighted by atomic mass is 10.2. The highest BCUT2D eigenvalue weighted by Crippen LogP contribution is 2.33. The molecule has 7 nitrogen and oxygen atoms in total. The molecule has 9 heteroatoms. The molecule has 32 heavy (non-hydrogen) atoms. The second-order valence-electron chi connectivity index (χ2n) is 7.50. The molecule has 0 unspecified atom stereocenters. The van der Waals surface area contributed by atoms with Gasteiger partial charge in [0.05, 0.1) is 23.4 Å². The van der Waals surface area contributed by atoms with E-state index in [1.54, 1.807) is 17.0 Å². The molecule has 0 spiro atoms. The Kier molecular flexibility index (Phi) is 6.02. The van der Waals surface area contributed by atoms with Crippen LogP contribution in [0, 0.1) is 5.82 Å². The van der Waals surface area contributed by atoms with Crippen molar-refractivity contribution in [2.24, 2.45) is 0 Å². The Balaban J connectivity index is 1.37. The van der Waals surface area contributed by atoms with Crippen LogP contribution in [0.3, 0.4) is 0 Å². The first-order chi connectivity index (χ1) is 15.7. The van der Waals surface area contributed by atoms with Crippen LogP contribution in [0.15, 0.2) is 42.5 Å². The van der Waals surface area contributed by atoms with E-state index in [9.17, 15) is 9.18 Å². The molecule has 3 heterocycles. The smallest absolute Gasteiger partial charge is 0.252 e. The van der Waals surface area contributed by atoms with Gasteiger partial charge in [-0.2, -0.15) is 0 Å². The lowest BCUT2D eigenvalue weighted by Gasteiger charge is -2.28. The van der Waals surface area contributed by atoms with Crippen LogP contribution in [0.2, 0.25) is 0 Å². The molecule has 166 valence electrons.